The van der Waals surface area contributed by atoms with Crippen molar-refractivity contribution < 1.29 is 14.6 Å². The fraction of sp³-hybridized carbons (Fsp3) is 0.750. The summed E-state index contributed by atoms with van der Waals surface area (Å²) in [7, 11) is 1.66. The lowest BCUT2D eigenvalue weighted by Gasteiger charge is -2.27. The lowest BCUT2D eigenvalue weighted by Crippen LogP contribution is -2.26. The van der Waals surface area contributed by atoms with Crippen LogP contribution in [0.1, 0.15) is 24.6 Å². The number of hydrogen-bond acceptors (Lipinski definition) is 4. The Morgan fingerprint density at radius 2 is 2.56 bits per heavy atom. The van der Waals surface area contributed by atoms with E-state index in [1.165, 1.54) is 0 Å². The first-order valence-electron chi connectivity index (χ1n) is 6.20. The number of halogens is 1. The van der Waals surface area contributed by atoms with Crippen molar-refractivity contribution in [2.24, 2.45) is 5.92 Å². The molecule has 2 rings (SSSR count). The topological polar surface area (TPSA) is 56.5 Å². The summed E-state index contributed by atoms with van der Waals surface area (Å²) >= 11 is 3.45. The highest BCUT2D eigenvalue weighted by Crippen LogP contribution is 2.32. The van der Waals surface area contributed by atoms with E-state index in [2.05, 4.69) is 21.0 Å². The van der Waals surface area contributed by atoms with Crippen LogP contribution in [-0.4, -0.2) is 41.8 Å². The number of aromatic nitrogens is 2. The van der Waals surface area contributed by atoms with E-state index in [0.717, 1.165) is 29.6 Å². The maximum absolute atomic E-state index is 10.5. The maximum atomic E-state index is 10.5. The highest BCUT2D eigenvalue weighted by molar-refractivity contribution is 9.10. The van der Waals surface area contributed by atoms with E-state index in [9.17, 15) is 5.11 Å². The summed E-state index contributed by atoms with van der Waals surface area (Å²) in [4.78, 5) is 0. The van der Waals surface area contributed by atoms with Crippen LogP contribution < -0.4 is 0 Å². The minimum atomic E-state index is -0.543. The van der Waals surface area contributed by atoms with Gasteiger partial charge in [0, 0.05) is 19.6 Å². The molecule has 1 aromatic heterocycles. The molecule has 102 valence electrons. The Morgan fingerprint density at radius 1 is 1.72 bits per heavy atom. The molecule has 2 heterocycles. The first-order valence-corrected chi connectivity index (χ1v) is 6.99. The lowest BCUT2D eigenvalue weighted by atomic mass is 9.94. The van der Waals surface area contributed by atoms with Gasteiger partial charge >= 0.3 is 0 Å². The summed E-state index contributed by atoms with van der Waals surface area (Å²) < 4.78 is 13.1. The Balaban J connectivity index is 2.12. The molecular weight excluding hydrogens is 300 g/mol. The molecule has 0 aromatic carbocycles. The van der Waals surface area contributed by atoms with Crippen molar-refractivity contribution in [3.63, 3.8) is 0 Å². The van der Waals surface area contributed by atoms with E-state index in [0.29, 0.717) is 19.8 Å². The van der Waals surface area contributed by atoms with Crippen molar-refractivity contribution >= 4 is 15.9 Å². The van der Waals surface area contributed by atoms with Crippen molar-refractivity contribution in [2.45, 2.75) is 25.5 Å². The Morgan fingerprint density at radius 3 is 3.22 bits per heavy atom. The number of nitrogens with zero attached hydrogens (tertiary/aromatic N) is 2. The average Bonchev–Trinajstić information content (AvgIpc) is 2.77. The smallest absolute Gasteiger partial charge is 0.102 e. The van der Waals surface area contributed by atoms with Crippen molar-refractivity contribution in [1.82, 2.24) is 9.78 Å². The van der Waals surface area contributed by atoms with Crippen molar-refractivity contribution in [1.29, 1.82) is 0 Å². The Labute approximate surface area is 115 Å². The number of ether oxygens (including phenoxy) is 2. The van der Waals surface area contributed by atoms with Gasteiger partial charge in [0.15, 0.2) is 0 Å². The average molecular weight is 319 g/mol. The third-order valence-electron chi connectivity index (χ3n) is 3.26. The van der Waals surface area contributed by atoms with Crippen LogP contribution in [0.15, 0.2) is 10.7 Å². The number of rotatable bonds is 5. The summed E-state index contributed by atoms with van der Waals surface area (Å²) in [6.07, 6.45) is 3.17. The molecule has 0 spiro atoms. The van der Waals surface area contributed by atoms with Gasteiger partial charge in [0.25, 0.3) is 0 Å². The molecule has 2 atom stereocenters. The quantitative estimate of drug-likeness (QED) is 0.898. The molecule has 1 N–H and O–H groups in total. The van der Waals surface area contributed by atoms with Crippen LogP contribution in [0.25, 0.3) is 0 Å². The van der Waals surface area contributed by atoms with Crippen LogP contribution in [0.2, 0.25) is 0 Å². The molecule has 0 bridgehead atoms. The highest BCUT2D eigenvalue weighted by Gasteiger charge is 2.28. The predicted molar refractivity (Wildman–Crippen MR) is 70.3 cm³/mol. The Hall–Kier alpha value is -0.430. The molecule has 1 fully saturated rings. The van der Waals surface area contributed by atoms with Crippen LogP contribution in [0.5, 0.6) is 0 Å². The maximum Gasteiger partial charge on any atom is 0.102 e. The van der Waals surface area contributed by atoms with Crippen LogP contribution in [-0.2, 0) is 16.0 Å². The molecule has 2 unspecified atom stereocenters. The SMILES string of the molecule is COCCn1ncc(Br)c1C(O)C1CCCOC1. The number of hydrogen-bond donors (Lipinski definition) is 1. The molecule has 1 aliphatic rings. The first kappa shape index (κ1) is 14.0. The van der Waals surface area contributed by atoms with Crippen LogP contribution in [0, 0.1) is 5.92 Å². The number of aliphatic hydroxyl groups excluding tert-OH is 1. The summed E-state index contributed by atoms with van der Waals surface area (Å²) in [5.74, 6) is 0.146. The van der Waals surface area contributed by atoms with Gasteiger partial charge in [-0.2, -0.15) is 5.10 Å². The monoisotopic (exact) mass is 318 g/mol. The minimum Gasteiger partial charge on any atom is -0.386 e. The molecule has 0 aliphatic carbocycles. The molecule has 0 amide bonds. The zero-order valence-electron chi connectivity index (χ0n) is 10.5. The van der Waals surface area contributed by atoms with Crippen LogP contribution >= 0.6 is 15.9 Å². The van der Waals surface area contributed by atoms with E-state index in [-0.39, 0.29) is 5.92 Å². The van der Waals surface area contributed by atoms with Gasteiger partial charge in [0.1, 0.15) is 6.10 Å². The van der Waals surface area contributed by atoms with E-state index < -0.39 is 6.10 Å². The van der Waals surface area contributed by atoms with Gasteiger partial charge in [0.05, 0.1) is 36.1 Å². The van der Waals surface area contributed by atoms with Gasteiger partial charge in [-0.25, -0.2) is 0 Å². The molecule has 1 aliphatic heterocycles. The Bertz CT molecular complexity index is 377. The zero-order valence-corrected chi connectivity index (χ0v) is 12.1. The molecule has 1 aromatic rings. The fourth-order valence-corrected chi connectivity index (χ4v) is 2.79. The highest BCUT2D eigenvalue weighted by atomic mass is 79.9. The van der Waals surface area contributed by atoms with Gasteiger partial charge in [0.2, 0.25) is 0 Å². The summed E-state index contributed by atoms with van der Waals surface area (Å²) in [6.45, 7) is 2.63. The number of aliphatic hydroxyl groups is 1. The Kier molecular flexibility index (Phi) is 5.17. The van der Waals surface area contributed by atoms with Gasteiger partial charge < -0.3 is 14.6 Å². The van der Waals surface area contributed by atoms with Crippen LogP contribution in [0.4, 0.5) is 0 Å². The zero-order chi connectivity index (χ0) is 13.0. The molecule has 5 nitrogen and oxygen atoms in total. The van der Waals surface area contributed by atoms with Gasteiger partial charge in [-0.05, 0) is 28.8 Å². The second-order valence-corrected chi connectivity index (χ2v) is 5.37. The largest absolute Gasteiger partial charge is 0.386 e. The summed E-state index contributed by atoms with van der Waals surface area (Å²) in [6, 6.07) is 0. The van der Waals surface area contributed by atoms with E-state index in [1.807, 2.05) is 0 Å². The van der Waals surface area contributed by atoms with Gasteiger partial charge in [-0.3, -0.25) is 4.68 Å². The third-order valence-corrected chi connectivity index (χ3v) is 3.87. The molecule has 0 radical (unpaired) electrons. The standard InChI is InChI=1S/C12H19BrN2O3/c1-17-6-4-15-11(10(13)7-14-15)12(16)9-3-2-5-18-8-9/h7,9,12,16H,2-6,8H2,1H3. The first-order chi connectivity index (χ1) is 8.74. The normalized spacial score (nSPS) is 22.1. The molecule has 0 saturated carbocycles. The third kappa shape index (κ3) is 3.12. The second-order valence-electron chi connectivity index (χ2n) is 4.52. The molecule has 1 saturated heterocycles. The van der Waals surface area contributed by atoms with Crippen molar-refractivity contribution in [3.05, 3.63) is 16.4 Å². The lowest BCUT2D eigenvalue weighted by molar-refractivity contribution is -0.0138. The summed E-state index contributed by atoms with van der Waals surface area (Å²) in [5, 5.41) is 14.7. The van der Waals surface area contributed by atoms with Crippen molar-refractivity contribution in [2.75, 3.05) is 26.9 Å². The molecular formula is C12H19BrN2O3. The van der Waals surface area contributed by atoms with Gasteiger partial charge in [-0.15, -0.1) is 0 Å². The predicted octanol–water partition coefficient (Wildman–Crippen LogP) is 1.75. The number of methoxy groups -OCH3 is 1. The molecule has 18 heavy (non-hydrogen) atoms. The van der Waals surface area contributed by atoms with Crippen molar-refractivity contribution in [3.8, 4) is 0 Å². The van der Waals surface area contributed by atoms with Gasteiger partial charge in [-0.1, -0.05) is 0 Å². The fourth-order valence-electron chi connectivity index (χ4n) is 2.26. The summed E-state index contributed by atoms with van der Waals surface area (Å²) in [5.41, 5.74) is 0.822. The van der Waals surface area contributed by atoms with E-state index in [1.54, 1.807) is 18.0 Å². The molecule has 6 heteroatoms. The van der Waals surface area contributed by atoms with E-state index in [4.69, 9.17) is 9.47 Å². The van der Waals surface area contributed by atoms with Crippen LogP contribution in [0.3, 0.4) is 0 Å². The second kappa shape index (κ2) is 6.65. The minimum absolute atomic E-state index is 0.146. The van der Waals surface area contributed by atoms with E-state index >= 15 is 0 Å².